The number of aromatic nitrogens is 2. The lowest BCUT2D eigenvalue weighted by Gasteiger charge is -2.27. The second kappa shape index (κ2) is 3.15. The van der Waals surface area contributed by atoms with E-state index in [0.717, 1.165) is 10.9 Å². The van der Waals surface area contributed by atoms with Gasteiger partial charge in [0.1, 0.15) is 17.5 Å². The Morgan fingerprint density at radius 3 is 2.93 bits per heavy atom. The van der Waals surface area contributed by atoms with Crippen LogP contribution in [-0.2, 0) is 0 Å². The fraction of sp³-hybridized carbons (Fsp3) is 0.500. The molecule has 0 unspecified atom stereocenters. The smallest absolute Gasteiger partial charge is 0.369 e. The van der Waals surface area contributed by atoms with E-state index in [4.69, 9.17) is 5.26 Å². The number of hydrogen-bond acceptors (Lipinski definition) is 3. The first-order valence-electron chi connectivity index (χ1n) is 4.32. The second-order valence-electron chi connectivity index (χ2n) is 3.24. The molecule has 1 aliphatic heterocycles. The number of nitrogens with one attached hydrogen (secondary N) is 1. The van der Waals surface area contributed by atoms with Crippen LogP contribution >= 0.6 is 0 Å². The van der Waals surface area contributed by atoms with Crippen molar-refractivity contribution in [3.63, 3.8) is 0 Å². The van der Waals surface area contributed by atoms with E-state index in [1.807, 2.05) is 0 Å². The van der Waals surface area contributed by atoms with Crippen LogP contribution in [0.5, 0.6) is 0 Å². The largest absolute Gasteiger partial charge is 0.410 e. The van der Waals surface area contributed by atoms with Crippen molar-refractivity contribution in [3.8, 4) is 6.07 Å². The Bertz CT molecular complexity index is 415. The first-order valence-corrected chi connectivity index (χ1v) is 4.32. The molecule has 0 aromatic carbocycles. The maximum atomic E-state index is 12.6. The maximum absolute atomic E-state index is 12.6. The molecule has 4 nitrogen and oxygen atoms in total. The van der Waals surface area contributed by atoms with Crippen LogP contribution in [0.25, 0.3) is 0 Å². The monoisotopic (exact) mass is 216 g/mol. The Morgan fingerprint density at radius 2 is 2.33 bits per heavy atom. The van der Waals surface area contributed by atoms with Gasteiger partial charge in [-0.15, -0.1) is 0 Å². The summed E-state index contributed by atoms with van der Waals surface area (Å²) in [6.07, 6.45) is -3.25. The lowest BCUT2D eigenvalue weighted by Crippen LogP contribution is -2.34. The lowest BCUT2D eigenvalue weighted by atomic mass is 10.1. The molecule has 0 spiro atoms. The number of hydrogen-bond donors (Lipinski definition) is 1. The molecular weight excluding hydrogens is 209 g/mol. The van der Waals surface area contributed by atoms with Crippen LogP contribution in [0.4, 0.5) is 19.0 Å². The lowest BCUT2D eigenvalue weighted by molar-refractivity contribution is -0.171. The zero-order valence-electron chi connectivity index (χ0n) is 7.54. The highest BCUT2D eigenvalue weighted by molar-refractivity contribution is 5.52. The predicted octanol–water partition coefficient (Wildman–Crippen LogP) is 1.67. The van der Waals surface area contributed by atoms with Crippen molar-refractivity contribution in [1.29, 1.82) is 5.26 Å². The Balaban J connectivity index is 2.45. The van der Waals surface area contributed by atoms with E-state index in [2.05, 4.69) is 10.4 Å². The van der Waals surface area contributed by atoms with Crippen molar-refractivity contribution in [2.24, 2.45) is 0 Å². The third-order valence-electron chi connectivity index (χ3n) is 2.30. The van der Waals surface area contributed by atoms with Crippen molar-refractivity contribution in [2.75, 3.05) is 11.9 Å². The predicted molar refractivity (Wildman–Crippen MR) is 45.1 cm³/mol. The summed E-state index contributed by atoms with van der Waals surface area (Å²) >= 11 is 0. The molecule has 0 amide bonds. The molecule has 1 aliphatic rings. The molecule has 2 heterocycles. The van der Waals surface area contributed by atoms with Gasteiger partial charge in [-0.05, 0) is 6.42 Å². The van der Waals surface area contributed by atoms with Crippen molar-refractivity contribution in [1.82, 2.24) is 9.78 Å². The number of nitrogens with zero attached hydrogens (tertiary/aromatic N) is 3. The average molecular weight is 216 g/mol. The van der Waals surface area contributed by atoms with E-state index in [1.165, 1.54) is 0 Å². The van der Waals surface area contributed by atoms with E-state index in [9.17, 15) is 13.2 Å². The van der Waals surface area contributed by atoms with Gasteiger partial charge in [-0.3, -0.25) is 0 Å². The molecule has 1 atom stereocenters. The standard InChI is InChI=1S/C8H7F3N4/c9-8(10,11)6-1-2-13-7-5(3-12)4-14-15(6)7/h4,6,13H,1-2H2/t6-/m1/s1. The second-order valence-corrected chi connectivity index (χ2v) is 3.24. The van der Waals surface area contributed by atoms with Crippen LogP contribution in [0.2, 0.25) is 0 Å². The molecule has 7 heteroatoms. The molecule has 0 bridgehead atoms. The van der Waals surface area contributed by atoms with Gasteiger partial charge in [0.2, 0.25) is 0 Å². The first kappa shape index (κ1) is 9.83. The van der Waals surface area contributed by atoms with Crippen LogP contribution in [-0.4, -0.2) is 22.5 Å². The molecule has 0 saturated heterocycles. The molecule has 0 fully saturated rings. The maximum Gasteiger partial charge on any atom is 0.410 e. The third-order valence-corrected chi connectivity index (χ3v) is 2.30. The van der Waals surface area contributed by atoms with Gasteiger partial charge in [-0.25, -0.2) is 4.68 Å². The quantitative estimate of drug-likeness (QED) is 0.717. The van der Waals surface area contributed by atoms with Crippen LogP contribution in [0.1, 0.15) is 18.0 Å². The van der Waals surface area contributed by atoms with Crippen molar-refractivity contribution in [2.45, 2.75) is 18.6 Å². The van der Waals surface area contributed by atoms with E-state index < -0.39 is 12.2 Å². The number of rotatable bonds is 0. The summed E-state index contributed by atoms with van der Waals surface area (Å²) in [4.78, 5) is 0. The highest BCUT2D eigenvalue weighted by atomic mass is 19.4. The Kier molecular flexibility index (Phi) is 2.07. The Morgan fingerprint density at radius 1 is 1.60 bits per heavy atom. The topological polar surface area (TPSA) is 53.6 Å². The van der Waals surface area contributed by atoms with Crippen molar-refractivity contribution < 1.29 is 13.2 Å². The van der Waals surface area contributed by atoms with Gasteiger partial charge >= 0.3 is 6.18 Å². The summed E-state index contributed by atoms with van der Waals surface area (Å²) in [6, 6.07) is 0.165. The molecule has 0 aliphatic carbocycles. The van der Waals surface area contributed by atoms with Gasteiger partial charge in [0.15, 0.2) is 6.04 Å². The molecule has 80 valence electrons. The molecule has 1 N–H and O–H groups in total. The van der Waals surface area contributed by atoms with Gasteiger partial charge < -0.3 is 5.32 Å². The minimum absolute atomic E-state index is 0.0664. The zero-order valence-corrected chi connectivity index (χ0v) is 7.54. The van der Waals surface area contributed by atoms with Crippen molar-refractivity contribution in [3.05, 3.63) is 11.8 Å². The van der Waals surface area contributed by atoms with Gasteiger partial charge in [-0.1, -0.05) is 0 Å². The normalized spacial score (nSPS) is 20.3. The van der Waals surface area contributed by atoms with E-state index in [0.29, 0.717) is 0 Å². The molecule has 0 saturated carbocycles. The van der Waals surface area contributed by atoms with Crippen LogP contribution in [0, 0.1) is 11.3 Å². The molecule has 15 heavy (non-hydrogen) atoms. The molecule has 1 aromatic heterocycles. The zero-order chi connectivity index (χ0) is 11.1. The van der Waals surface area contributed by atoms with Crippen molar-refractivity contribution >= 4 is 5.82 Å². The van der Waals surface area contributed by atoms with E-state index >= 15 is 0 Å². The number of nitriles is 1. The summed E-state index contributed by atoms with van der Waals surface area (Å²) < 4.78 is 38.5. The van der Waals surface area contributed by atoms with Gasteiger partial charge in [-0.2, -0.15) is 23.5 Å². The van der Waals surface area contributed by atoms with E-state index in [-0.39, 0.29) is 24.3 Å². The number of halogens is 3. The highest BCUT2D eigenvalue weighted by Crippen LogP contribution is 2.37. The summed E-state index contributed by atoms with van der Waals surface area (Å²) in [6.45, 7) is 0.199. The SMILES string of the molecule is N#Cc1cnn2c1NCC[C@@H]2C(F)(F)F. The van der Waals surface area contributed by atoms with Crippen LogP contribution < -0.4 is 5.32 Å². The number of alkyl halides is 3. The third kappa shape index (κ3) is 1.52. The first-order chi connectivity index (χ1) is 7.04. The van der Waals surface area contributed by atoms with Gasteiger partial charge in [0.25, 0.3) is 0 Å². The average Bonchev–Trinajstić information content (AvgIpc) is 2.58. The Labute approximate surface area is 83.3 Å². The van der Waals surface area contributed by atoms with Gasteiger partial charge in [0.05, 0.1) is 6.20 Å². The fourth-order valence-electron chi connectivity index (χ4n) is 1.61. The summed E-state index contributed by atoms with van der Waals surface area (Å²) in [5.74, 6) is 0.158. The van der Waals surface area contributed by atoms with Gasteiger partial charge in [0, 0.05) is 6.54 Å². The number of anilines is 1. The van der Waals surface area contributed by atoms with Crippen LogP contribution in [0.15, 0.2) is 6.20 Å². The molecular formula is C8H7F3N4. The molecule has 1 aromatic rings. The molecule has 2 rings (SSSR count). The number of fused-ring (bicyclic) bond motifs is 1. The van der Waals surface area contributed by atoms with Crippen LogP contribution in [0.3, 0.4) is 0 Å². The van der Waals surface area contributed by atoms with E-state index in [1.54, 1.807) is 6.07 Å². The Hall–Kier alpha value is -1.71. The highest BCUT2D eigenvalue weighted by Gasteiger charge is 2.44. The summed E-state index contributed by atoms with van der Waals surface area (Å²) in [5.41, 5.74) is 0.143. The fourth-order valence-corrected chi connectivity index (χ4v) is 1.61. The minimum Gasteiger partial charge on any atom is -0.369 e. The molecule has 0 radical (unpaired) electrons. The minimum atomic E-state index is -4.32. The summed E-state index contributed by atoms with van der Waals surface area (Å²) in [5, 5.41) is 15.0. The summed E-state index contributed by atoms with van der Waals surface area (Å²) in [7, 11) is 0.